The Bertz CT molecular complexity index is 395. The Balaban J connectivity index is 2.45. The van der Waals surface area contributed by atoms with Gasteiger partial charge in [-0.15, -0.1) is 0 Å². The molecule has 0 aliphatic heterocycles. The van der Waals surface area contributed by atoms with Crippen molar-refractivity contribution in [3.8, 4) is 0 Å². The summed E-state index contributed by atoms with van der Waals surface area (Å²) in [7, 11) is 0. The Labute approximate surface area is 118 Å². The van der Waals surface area contributed by atoms with Gasteiger partial charge in [0.25, 0.3) is 0 Å². The average Bonchev–Trinajstić information content (AvgIpc) is 2.23. The SMILES string of the molecule is CC(CCCC(F)(F)F)Nc1cccc(Cl)c1Br. The minimum atomic E-state index is -4.07. The number of benzene rings is 1. The molecule has 0 aliphatic rings. The fraction of sp³-hybridized carbons (Fsp3) is 0.500. The van der Waals surface area contributed by atoms with Crippen molar-refractivity contribution in [2.45, 2.75) is 38.4 Å². The summed E-state index contributed by atoms with van der Waals surface area (Å²) >= 11 is 9.26. The first-order chi connectivity index (χ1) is 8.29. The Morgan fingerprint density at radius 1 is 1.39 bits per heavy atom. The highest BCUT2D eigenvalue weighted by molar-refractivity contribution is 9.10. The highest BCUT2D eigenvalue weighted by Gasteiger charge is 2.26. The molecule has 0 heterocycles. The van der Waals surface area contributed by atoms with Gasteiger partial charge in [0.2, 0.25) is 0 Å². The summed E-state index contributed by atoms with van der Waals surface area (Å²) in [4.78, 5) is 0. The minimum absolute atomic E-state index is 0.0397. The predicted molar refractivity (Wildman–Crippen MR) is 72.1 cm³/mol. The number of halogens is 5. The normalized spacial score (nSPS) is 13.4. The Morgan fingerprint density at radius 3 is 2.67 bits per heavy atom. The van der Waals surface area contributed by atoms with Crippen LogP contribution >= 0.6 is 27.5 Å². The fourth-order valence-electron chi connectivity index (χ4n) is 1.56. The molecule has 0 fully saturated rings. The minimum Gasteiger partial charge on any atom is -0.382 e. The molecule has 18 heavy (non-hydrogen) atoms. The van der Waals surface area contributed by atoms with E-state index in [1.165, 1.54) is 0 Å². The lowest BCUT2D eigenvalue weighted by Crippen LogP contribution is -2.17. The maximum absolute atomic E-state index is 12.0. The smallest absolute Gasteiger partial charge is 0.382 e. The molecule has 0 aliphatic carbocycles. The van der Waals surface area contributed by atoms with Crippen LogP contribution in [-0.2, 0) is 0 Å². The second kappa shape index (κ2) is 6.66. The van der Waals surface area contributed by atoms with E-state index in [-0.39, 0.29) is 12.5 Å². The van der Waals surface area contributed by atoms with E-state index in [4.69, 9.17) is 11.6 Å². The Hall–Kier alpha value is -0.420. The van der Waals surface area contributed by atoms with Crippen molar-refractivity contribution in [2.75, 3.05) is 5.32 Å². The third kappa shape index (κ3) is 5.48. The topological polar surface area (TPSA) is 12.0 Å². The third-order valence-electron chi connectivity index (χ3n) is 2.45. The molecule has 0 radical (unpaired) electrons. The zero-order valence-electron chi connectivity index (χ0n) is 9.82. The molecule has 1 nitrogen and oxygen atoms in total. The third-order valence-corrected chi connectivity index (χ3v) is 3.85. The summed E-state index contributed by atoms with van der Waals surface area (Å²) < 4.78 is 36.7. The van der Waals surface area contributed by atoms with Gasteiger partial charge in [0.1, 0.15) is 0 Å². The standard InChI is InChI=1S/C12H14BrClF3N/c1-8(4-3-7-12(15,16)17)18-10-6-2-5-9(14)11(10)13/h2,5-6,8,18H,3-4,7H2,1H3. The zero-order chi connectivity index (χ0) is 13.8. The van der Waals surface area contributed by atoms with Gasteiger partial charge in [-0.3, -0.25) is 0 Å². The highest BCUT2D eigenvalue weighted by Crippen LogP contribution is 2.31. The highest BCUT2D eigenvalue weighted by atomic mass is 79.9. The first-order valence-corrected chi connectivity index (χ1v) is 6.74. The molecule has 1 unspecified atom stereocenters. The van der Waals surface area contributed by atoms with Crippen molar-refractivity contribution in [1.29, 1.82) is 0 Å². The number of hydrogen-bond acceptors (Lipinski definition) is 1. The maximum atomic E-state index is 12.0. The van der Waals surface area contributed by atoms with Gasteiger partial charge in [0.15, 0.2) is 0 Å². The van der Waals surface area contributed by atoms with Crippen molar-refractivity contribution in [3.05, 3.63) is 27.7 Å². The van der Waals surface area contributed by atoms with Crippen LogP contribution in [0.5, 0.6) is 0 Å². The van der Waals surface area contributed by atoms with Crippen LogP contribution in [0.2, 0.25) is 5.02 Å². The molecule has 1 N–H and O–H groups in total. The lowest BCUT2D eigenvalue weighted by atomic mass is 10.1. The van der Waals surface area contributed by atoms with Crippen molar-refractivity contribution in [2.24, 2.45) is 0 Å². The lowest BCUT2D eigenvalue weighted by molar-refractivity contribution is -0.135. The van der Waals surface area contributed by atoms with Gasteiger partial charge in [-0.25, -0.2) is 0 Å². The second-order valence-electron chi connectivity index (χ2n) is 4.15. The van der Waals surface area contributed by atoms with E-state index in [0.29, 0.717) is 11.4 Å². The molecule has 0 aromatic heterocycles. The molecule has 1 aromatic rings. The summed E-state index contributed by atoms with van der Waals surface area (Å²) in [5, 5.41) is 3.71. The molecule has 1 aromatic carbocycles. The summed E-state index contributed by atoms with van der Waals surface area (Å²) in [6.07, 6.45) is -4.24. The van der Waals surface area contributed by atoms with Gasteiger partial charge in [-0.1, -0.05) is 17.7 Å². The summed E-state index contributed by atoms with van der Waals surface area (Å²) in [5.41, 5.74) is 0.794. The predicted octanol–water partition coefficient (Wildman–Crippen LogP) is 5.64. The number of nitrogens with one attached hydrogen (secondary N) is 1. The van der Waals surface area contributed by atoms with Crippen LogP contribution in [0.25, 0.3) is 0 Å². The van der Waals surface area contributed by atoms with E-state index in [9.17, 15) is 13.2 Å². The number of alkyl halides is 3. The van der Waals surface area contributed by atoms with Gasteiger partial charge < -0.3 is 5.32 Å². The zero-order valence-corrected chi connectivity index (χ0v) is 12.2. The van der Waals surface area contributed by atoms with E-state index >= 15 is 0 Å². The summed E-state index contributed by atoms with van der Waals surface area (Å²) in [6.45, 7) is 1.85. The molecule has 0 amide bonds. The van der Waals surface area contributed by atoms with Crippen LogP contribution in [0, 0.1) is 0 Å². The number of rotatable bonds is 5. The largest absolute Gasteiger partial charge is 0.389 e. The van der Waals surface area contributed by atoms with Crippen molar-refractivity contribution in [3.63, 3.8) is 0 Å². The van der Waals surface area contributed by atoms with Gasteiger partial charge in [-0.2, -0.15) is 13.2 Å². The molecule has 102 valence electrons. The quantitative estimate of drug-likeness (QED) is 0.729. The molecular formula is C12H14BrClF3N. The van der Waals surface area contributed by atoms with E-state index in [1.807, 2.05) is 13.0 Å². The van der Waals surface area contributed by atoms with Gasteiger partial charge >= 0.3 is 6.18 Å². The van der Waals surface area contributed by atoms with Gasteiger partial charge in [0, 0.05) is 12.5 Å². The Morgan fingerprint density at radius 2 is 2.06 bits per heavy atom. The monoisotopic (exact) mass is 343 g/mol. The van der Waals surface area contributed by atoms with E-state index in [0.717, 1.165) is 10.2 Å². The van der Waals surface area contributed by atoms with Crippen LogP contribution in [0.4, 0.5) is 18.9 Å². The Kier molecular flexibility index (Phi) is 5.79. The maximum Gasteiger partial charge on any atom is 0.389 e. The van der Waals surface area contributed by atoms with E-state index in [2.05, 4.69) is 21.2 Å². The van der Waals surface area contributed by atoms with Gasteiger partial charge in [-0.05, 0) is 47.8 Å². The molecule has 0 saturated carbocycles. The summed E-state index contributed by atoms with van der Waals surface area (Å²) in [6, 6.07) is 5.32. The van der Waals surface area contributed by atoms with Crippen LogP contribution < -0.4 is 5.32 Å². The molecular weight excluding hydrogens is 330 g/mol. The van der Waals surface area contributed by atoms with Crippen molar-refractivity contribution >= 4 is 33.2 Å². The van der Waals surface area contributed by atoms with Crippen molar-refractivity contribution in [1.82, 2.24) is 0 Å². The number of anilines is 1. The van der Waals surface area contributed by atoms with Crippen molar-refractivity contribution < 1.29 is 13.2 Å². The molecule has 0 bridgehead atoms. The van der Waals surface area contributed by atoms with Crippen LogP contribution in [0.1, 0.15) is 26.2 Å². The lowest BCUT2D eigenvalue weighted by Gasteiger charge is -2.17. The van der Waals surface area contributed by atoms with Crippen LogP contribution in [-0.4, -0.2) is 12.2 Å². The van der Waals surface area contributed by atoms with Crippen LogP contribution in [0.3, 0.4) is 0 Å². The molecule has 0 spiro atoms. The first kappa shape index (κ1) is 15.6. The summed E-state index contributed by atoms with van der Waals surface area (Å²) in [5.74, 6) is 0. The van der Waals surface area contributed by atoms with E-state index in [1.54, 1.807) is 12.1 Å². The average molecular weight is 345 g/mol. The molecule has 1 atom stereocenters. The number of hydrogen-bond donors (Lipinski definition) is 1. The molecule has 1 rings (SSSR count). The second-order valence-corrected chi connectivity index (χ2v) is 5.35. The fourth-order valence-corrected chi connectivity index (χ4v) is 2.11. The van der Waals surface area contributed by atoms with E-state index < -0.39 is 12.6 Å². The first-order valence-electron chi connectivity index (χ1n) is 5.57. The molecule has 0 saturated heterocycles. The van der Waals surface area contributed by atoms with Crippen LogP contribution in [0.15, 0.2) is 22.7 Å². The molecule has 6 heteroatoms. The van der Waals surface area contributed by atoms with Gasteiger partial charge in [0.05, 0.1) is 15.2 Å².